The van der Waals surface area contributed by atoms with Gasteiger partial charge in [0.05, 0.1) is 6.42 Å². The molecule has 16 nitrogen and oxygen atoms in total. The van der Waals surface area contributed by atoms with Crippen LogP contribution in [-0.4, -0.2) is 88.7 Å². The molecule has 0 unspecified atom stereocenters. The summed E-state index contributed by atoms with van der Waals surface area (Å²) in [5, 5.41) is 19.7. The van der Waals surface area contributed by atoms with E-state index in [-0.39, 0.29) is 38.2 Å². The average Bonchev–Trinajstić information content (AvgIpc) is 2.98. The van der Waals surface area contributed by atoms with E-state index in [1.807, 2.05) is 6.92 Å². The number of carboxylic acid groups (broad SMARTS) is 1. The van der Waals surface area contributed by atoms with Crippen LogP contribution in [0.3, 0.4) is 0 Å². The van der Waals surface area contributed by atoms with E-state index in [0.717, 1.165) is 0 Å². The Morgan fingerprint density at radius 1 is 0.740 bits per heavy atom. The summed E-state index contributed by atoms with van der Waals surface area (Å²) in [6, 6.07) is 3.62. The Balaban J connectivity index is 3.34. The first-order chi connectivity index (χ1) is 23.2. The number of amides is 4. The fourth-order valence-corrected chi connectivity index (χ4v) is 4.51. The Kier molecular flexibility index (Phi) is 17.8. The monoisotopic (exact) mass is 705 g/mol. The van der Waals surface area contributed by atoms with Crippen molar-refractivity contribution in [2.45, 2.75) is 129 Å². The van der Waals surface area contributed by atoms with Gasteiger partial charge in [-0.2, -0.15) is 0 Å². The Labute approximate surface area is 293 Å². The van der Waals surface area contributed by atoms with Gasteiger partial charge in [0.25, 0.3) is 0 Å². The van der Waals surface area contributed by atoms with Gasteiger partial charge in [-0.25, -0.2) is 9.59 Å². The molecule has 16 heteroatoms. The molecule has 0 radical (unpaired) electrons. The molecule has 9 N–H and O–H groups in total. The quantitative estimate of drug-likeness (QED) is 0.0471. The van der Waals surface area contributed by atoms with Crippen molar-refractivity contribution in [2.75, 3.05) is 6.54 Å². The predicted octanol–water partition coefficient (Wildman–Crippen LogP) is 1.64. The minimum Gasteiger partial charge on any atom is -0.481 e. The van der Waals surface area contributed by atoms with E-state index in [2.05, 4.69) is 26.3 Å². The summed E-state index contributed by atoms with van der Waals surface area (Å²) in [6.07, 6.45) is 0.0277. The fraction of sp³-hybridized carbons (Fsp3) is 0.618. The summed E-state index contributed by atoms with van der Waals surface area (Å²) in [5.74, 6) is -4.84. The van der Waals surface area contributed by atoms with Crippen molar-refractivity contribution in [1.29, 1.82) is 0 Å². The highest BCUT2D eigenvalue weighted by Crippen LogP contribution is 2.13. The van der Waals surface area contributed by atoms with Crippen LogP contribution in [-0.2, 0) is 39.9 Å². The number of nitrogens with zero attached hydrogens (tertiary/aromatic N) is 1. The van der Waals surface area contributed by atoms with Gasteiger partial charge in [-0.1, -0.05) is 50.1 Å². The molecule has 1 aromatic rings. The Bertz CT molecular complexity index is 1320. The summed E-state index contributed by atoms with van der Waals surface area (Å²) in [7, 11) is 0. The number of unbranched alkanes of at least 4 members (excludes halogenated alkanes) is 1. The normalized spacial score (nSPS) is 13.7. The minimum absolute atomic E-state index is 0.0305. The summed E-state index contributed by atoms with van der Waals surface area (Å²) < 4.78 is 10.8. The molecule has 0 aliphatic carbocycles. The molecule has 280 valence electrons. The van der Waals surface area contributed by atoms with Gasteiger partial charge in [-0.15, -0.1) is 0 Å². The fourth-order valence-electron chi connectivity index (χ4n) is 4.51. The molecule has 0 aliphatic heterocycles. The number of carbonyl (C=O) groups is 6. The molecule has 4 amide bonds. The number of rotatable bonds is 19. The van der Waals surface area contributed by atoms with E-state index < -0.39 is 77.5 Å². The third kappa shape index (κ3) is 18.6. The zero-order valence-electron chi connectivity index (χ0n) is 30.2. The molecular formula is C34H55N7O9. The molecule has 0 fully saturated rings. The third-order valence-corrected chi connectivity index (χ3v) is 6.73. The zero-order chi connectivity index (χ0) is 38.1. The van der Waals surface area contributed by atoms with Crippen molar-refractivity contribution in [1.82, 2.24) is 21.3 Å². The lowest BCUT2D eigenvalue weighted by molar-refractivity contribution is -0.159. The first-order valence-electron chi connectivity index (χ1n) is 16.6. The highest BCUT2D eigenvalue weighted by atomic mass is 16.6. The van der Waals surface area contributed by atoms with Crippen molar-refractivity contribution >= 4 is 41.7 Å². The average molecular weight is 706 g/mol. The van der Waals surface area contributed by atoms with Crippen LogP contribution >= 0.6 is 0 Å². The molecular weight excluding hydrogens is 650 g/mol. The number of guanidine groups is 1. The van der Waals surface area contributed by atoms with Crippen molar-refractivity contribution in [3.05, 3.63) is 35.9 Å². The molecule has 0 heterocycles. The van der Waals surface area contributed by atoms with E-state index in [9.17, 15) is 33.9 Å². The molecule has 0 saturated carbocycles. The number of aliphatic carboxylic acids is 1. The van der Waals surface area contributed by atoms with Crippen LogP contribution in [0.15, 0.2) is 35.3 Å². The van der Waals surface area contributed by atoms with Gasteiger partial charge in [0.15, 0.2) is 5.96 Å². The lowest BCUT2D eigenvalue weighted by Crippen LogP contribution is -2.58. The second-order valence-corrected chi connectivity index (χ2v) is 13.8. The van der Waals surface area contributed by atoms with E-state index in [1.165, 1.54) is 0 Å². The smallest absolute Gasteiger partial charge is 0.408 e. The second kappa shape index (κ2) is 20.6. The van der Waals surface area contributed by atoms with Crippen LogP contribution in [0.1, 0.15) is 92.6 Å². The number of nitrogens with two attached hydrogens (primary N) is 2. The van der Waals surface area contributed by atoms with Crippen LogP contribution < -0.4 is 32.7 Å². The van der Waals surface area contributed by atoms with Crippen molar-refractivity contribution in [3.63, 3.8) is 0 Å². The number of aliphatic imine (C=N–C) groups is 1. The van der Waals surface area contributed by atoms with Crippen molar-refractivity contribution in [2.24, 2.45) is 16.5 Å². The van der Waals surface area contributed by atoms with Gasteiger partial charge < -0.3 is 47.3 Å². The number of alkyl carbamates (subject to hydrolysis) is 1. The number of esters is 1. The van der Waals surface area contributed by atoms with Crippen LogP contribution in [0.25, 0.3) is 0 Å². The van der Waals surface area contributed by atoms with Gasteiger partial charge >= 0.3 is 18.0 Å². The van der Waals surface area contributed by atoms with Crippen LogP contribution in [0.5, 0.6) is 0 Å². The molecule has 0 bridgehead atoms. The topological polar surface area (TPSA) is 254 Å². The Hall–Kier alpha value is -4.89. The lowest BCUT2D eigenvalue weighted by Gasteiger charge is -2.27. The summed E-state index contributed by atoms with van der Waals surface area (Å²) >= 11 is 0. The largest absolute Gasteiger partial charge is 0.481 e. The minimum atomic E-state index is -1.62. The van der Waals surface area contributed by atoms with Crippen LogP contribution in [0.4, 0.5) is 4.79 Å². The first-order valence-corrected chi connectivity index (χ1v) is 16.6. The van der Waals surface area contributed by atoms with E-state index in [0.29, 0.717) is 18.4 Å². The highest BCUT2D eigenvalue weighted by Gasteiger charge is 2.34. The van der Waals surface area contributed by atoms with Gasteiger partial charge in [0, 0.05) is 13.0 Å². The Morgan fingerprint density at radius 3 is 1.80 bits per heavy atom. The molecule has 0 spiro atoms. The number of benzene rings is 1. The number of hydrogen-bond donors (Lipinski definition) is 7. The van der Waals surface area contributed by atoms with E-state index >= 15 is 0 Å². The summed E-state index contributed by atoms with van der Waals surface area (Å²) in [6.45, 7) is 12.0. The molecule has 0 saturated heterocycles. The van der Waals surface area contributed by atoms with Gasteiger partial charge in [0.1, 0.15) is 35.4 Å². The number of carbonyl (C=O) groups excluding carboxylic acids is 5. The highest BCUT2D eigenvalue weighted by molar-refractivity contribution is 5.96. The molecule has 0 aromatic heterocycles. The first kappa shape index (κ1) is 43.1. The molecule has 50 heavy (non-hydrogen) atoms. The SMILES string of the molecule is CCCC[C@H](NC(=O)[C@H](CC(=O)O)NC(=O)[C@H](CCCN=C(N)N)NC(=O)[C@H](Cc1ccccc1)NC(=O)OC(C)(C)C)C(=O)OC(C)(C)C. The van der Waals surface area contributed by atoms with Gasteiger partial charge in [0.2, 0.25) is 17.7 Å². The molecule has 0 aliphatic rings. The number of carboxylic acids is 1. The third-order valence-electron chi connectivity index (χ3n) is 6.73. The maximum atomic E-state index is 13.7. The number of nitrogens with one attached hydrogen (secondary N) is 4. The molecule has 4 atom stereocenters. The maximum Gasteiger partial charge on any atom is 0.408 e. The Morgan fingerprint density at radius 2 is 1.26 bits per heavy atom. The number of ether oxygens (including phenoxy) is 2. The summed E-state index contributed by atoms with van der Waals surface area (Å²) in [5.41, 5.74) is 9.84. The number of hydrogen-bond acceptors (Lipinski definition) is 9. The maximum absolute atomic E-state index is 13.7. The lowest BCUT2D eigenvalue weighted by atomic mass is 10.0. The van der Waals surface area contributed by atoms with Crippen molar-refractivity contribution < 1.29 is 43.3 Å². The molecule has 1 rings (SSSR count). The van der Waals surface area contributed by atoms with Crippen LogP contribution in [0.2, 0.25) is 0 Å². The standard InChI is InChI=1S/C34H55N7O9/c1-8-9-16-23(30(47)49-33(2,3)4)39-29(46)25(20-26(42)43)40-27(44)22(17-13-18-37-31(35)36)38-28(45)24(19-21-14-11-10-12-15-21)41-32(48)50-34(5,6)7/h10-12,14-15,22-25H,8-9,13,16-20H2,1-7H3,(H,38,45)(H,39,46)(H,40,44)(H,41,48)(H,42,43)(H4,35,36,37)/t22-,23-,24-,25-/m0/s1. The predicted molar refractivity (Wildman–Crippen MR) is 187 cm³/mol. The van der Waals surface area contributed by atoms with Crippen LogP contribution in [0, 0.1) is 0 Å². The van der Waals surface area contributed by atoms with Gasteiger partial charge in [-0.05, 0) is 66.4 Å². The van der Waals surface area contributed by atoms with Crippen molar-refractivity contribution in [3.8, 4) is 0 Å². The molecule has 1 aromatic carbocycles. The zero-order valence-corrected chi connectivity index (χ0v) is 30.2. The van der Waals surface area contributed by atoms with E-state index in [4.69, 9.17) is 20.9 Å². The second-order valence-electron chi connectivity index (χ2n) is 13.8. The summed E-state index contributed by atoms with van der Waals surface area (Å²) in [4.78, 5) is 82.0. The van der Waals surface area contributed by atoms with E-state index in [1.54, 1.807) is 71.9 Å². The van der Waals surface area contributed by atoms with Gasteiger partial charge in [-0.3, -0.25) is 24.2 Å².